The van der Waals surface area contributed by atoms with Crippen molar-refractivity contribution in [2.45, 2.75) is 6.42 Å². The minimum absolute atomic E-state index is 0.0602. The number of benzene rings is 1. The van der Waals surface area contributed by atoms with Gasteiger partial charge in [0.2, 0.25) is 0 Å². The molecule has 1 nitrogen and oxygen atoms in total. The Morgan fingerprint density at radius 2 is 1.93 bits per heavy atom. The molecule has 1 aromatic rings. The van der Waals surface area contributed by atoms with E-state index in [9.17, 15) is 13.2 Å². The number of hydrogen-bond acceptors (Lipinski definition) is 1. The second kappa shape index (κ2) is 5.56. The Kier molecular flexibility index (Phi) is 4.37. The minimum atomic E-state index is -1.43. The molecule has 1 rings (SSSR count). The largest absolute Gasteiger partial charge is 0.319 e. The second-order valence-electron chi connectivity index (χ2n) is 3.06. The van der Waals surface area contributed by atoms with Crippen LogP contribution in [0.4, 0.5) is 13.2 Å². The molecule has 0 bridgehead atoms. The van der Waals surface area contributed by atoms with Gasteiger partial charge in [-0.25, -0.2) is 13.2 Å². The highest BCUT2D eigenvalue weighted by Crippen LogP contribution is 2.16. The third-order valence-corrected chi connectivity index (χ3v) is 1.92. The van der Waals surface area contributed by atoms with Crippen molar-refractivity contribution in [3.63, 3.8) is 0 Å². The van der Waals surface area contributed by atoms with Gasteiger partial charge in [-0.1, -0.05) is 12.2 Å². The smallest absolute Gasteiger partial charge is 0.195 e. The lowest BCUT2D eigenvalue weighted by atomic mass is 10.1. The maximum Gasteiger partial charge on any atom is 0.195 e. The average Bonchev–Trinajstić information content (AvgIpc) is 2.24. The molecule has 0 amide bonds. The fourth-order valence-corrected chi connectivity index (χ4v) is 1.11. The molecule has 0 spiro atoms. The van der Waals surface area contributed by atoms with E-state index >= 15 is 0 Å². The van der Waals surface area contributed by atoms with Gasteiger partial charge in [0.05, 0.1) is 0 Å². The molecule has 0 aromatic heterocycles. The highest BCUT2D eigenvalue weighted by molar-refractivity contribution is 5.50. The van der Waals surface area contributed by atoms with E-state index in [4.69, 9.17) is 0 Å². The van der Waals surface area contributed by atoms with E-state index < -0.39 is 17.5 Å². The van der Waals surface area contributed by atoms with E-state index in [1.54, 1.807) is 13.1 Å². The third-order valence-electron chi connectivity index (χ3n) is 1.92. The van der Waals surface area contributed by atoms with Crippen LogP contribution in [0.3, 0.4) is 0 Å². The Bertz CT molecular complexity index is 361. The molecule has 0 fully saturated rings. The first-order chi connectivity index (χ1) is 7.16. The van der Waals surface area contributed by atoms with E-state index in [0.29, 0.717) is 6.42 Å². The SMILES string of the molecule is CNCCC=Cc1ccc(F)c(F)c1F. The Hall–Kier alpha value is -1.29. The van der Waals surface area contributed by atoms with Gasteiger partial charge in [0.1, 0.15) is 0 Å². The first-order valence-corrected chi connectivity index (χ1v) is 4.61. The van der Waals surface area contributed by atoms with Crippen LogP contribution in [0.5, 0.6) is 0 Å². The van der Waals surface area contributed by atoms with Crippen LogP contribution in [0.1, 0.15) is 12.0 Å². The van der Waals surface area contributed by atoms with Gasteiger partial charge >= 0.3 is 0 Å². The molecule has 0 radical (unpaired) electrons. The molecule has 0 heterocycles. The average molecular weight is 215 g/mol. The van der Waals surface area contributed by atoms with Crippen molar-refractivity contribution in [1.29, 1.82) is 0 Å². The monoisotopic (exact) mass is 215 g/mol. The van der Waals surface area contributed by atoms with Crippen molar-refractivity contribution < 1.29 is 13.2 Å². The van der Waals surface area contributed by atoms with Gasteiger partial charge < -0.3 is 5.32 Å². The second-order valence-corrected chi connectivity index (χ2v) is 3.06. The maximum atomic E-state index is 13.1. The lowest BCUT2D eigenvalue weighted by Crippen LogP contribution is -2.05. The van der Waals surface area contributed by atoms with E-state index in [2.05, 4.69) is 5.32 Å². The zero-order valence-corrected chi connectivity index (χ0v) is 8.36. The molecular formula is C11H12F3N. The molecule has 0 aliphatic heterocycles. The van der Waals surface area contributed by atoms with Crippen molar-refractivity contribution >= 4 is 6.08 Å². The van der Waals surface area contributed by atoms with Gasteiger partial charge in [-0.2, -0.15) is 0 Å². The molecule has 82 valence electrons. The van der Waals surface area contributed by atoms with Crippen LogP contribution < -0.4 is 5.32 Å². The molecule has 15 heavy (non-hydrogen) atoms. The fraction of sp³-hybridized carbons (Fsp3) is 0.273. The van der Waals surface area contributed by atoms with Gasteiger partial charge in [0.15, 0.2) is 17.5 Å². The van der Waals surface area contributed by atoms with Gasteiger partial charge in [-0.15, -0.1) is 0 Å². The summed E-state index contributed by atoms with van der Waals surface area (Å²) in [4.78, 5) is 0. The van der Waals surface area contributed by atoms with E-state index in [1.165, 1.54) is 12.1 Å². The van der Waals surface area contributed by atoms with Crippen molar-refractivity contribution in [2.24, 2.45) is 0 Å². The number of hydrogen-bond donors (Lipinski definition) is 1. The normalized spacial score (nSPS) is 11.2. The fourth-order valence-electron chi connectivity index (χ4n) is 1.11. The molecular weight excluding hydrogens is 203 g/mol. The quantitative estimate of drug-likeness (QED) is 0.601. The highest BCUT2D eigenvalue weighted by atomic mass is 19.2. The Balaban J connectivity index is 2.78. The Morgan fingerprint density at radius 3 is 2.60 bits per heavy atom. The predicted octanol–water partition coefficient (Wildman–Crippen LogP) is 2.73. The molecule has 0 atom stereocenters. The summed E-state index contributed by atoms with van der Waals surface area (Å²) in [7, 11) is 1.80. The zero-order chi connectivity index (χ0) is 11.3. The first kappa shape index (κ1) is 11.8. The van der Waals surface area contributed by atoms with Crippen LogP contribution in [0.25, 0.3) is 6.08 Å². The Labute approximate surface area is 86.6 Å². The minimum Gasteiger partial charge on any atom is -0.319 e. The van der Waals surface area contributed by atoms with Crippen molar-refractivity contribution in [2.75, 3.05) is 13.6 Å². The molecule has 0 unspecified atom stereocenters. The predicted molar refractivity (Wildman–Crippen MR) is 53.9 cm³/mol. The summed E-state index contributed by atoms with van der Waals surface area (Å²) in [5.74, 6) is -3.73. The lowest BCUT2D eigenvalue weighted by Gasteiger charge is -1.99. The van der Waals surface area contributed by atoms with E-state index in [0.717, 1.165) is 12.6 Å². The summed E-state index contributed by atoms with van der Waals surface area (Å²) >= 11 is 0. The molecule has 4 heteroatoms. The third kappa shape index (κ3) is 3.09. The van der Waals surface area contributed by atoms with Gasteiger partial charge in [-0.05, 0) is 32.1 Å². The zero-order valence-electron chi connectivity index (χ0n) is 8.36. The van der Waals surface area contributed by atoms with Gasteiger partial charge in [0, 0.05) is 5.56 Å². The van der Waals surface area contributed by atoms with Crippen LogP contribution in [0.15, 0.2) is 18.2 Å². The molecule has 1 aromatic carbocycles. The van der Waals surface area contributed by atoms with E-state index in [-0.39, 0.29) is 5.56 Å². The highest BCUT2D eigenvalue weighted by Gasteiger charge is 2.10. The van der Waals surface area contributed by atoms with Crippen molar-refractivity contribution in [3.05, 3.63) is 41.2 Å². The summed E-state index contributed by atoms with van der Waals surface area (Å²) in [5, 5.41) is 2.91. The maximum absolute atomic E-state index is 13.1. The van der Waals surface area contributed by atoms with Crippen LogP contribution in [0, 0.1) is 17.5 Å². The van der Waals surface area contributed by atoms with Crippen LogP contribution in [0.2, 0.25) is 0 Å². The topological polar surface area (TPSA) is 12.0 Å². The van der Waals surface area contributed by atoms with Crippen LogP contribution >= 0.6 is 0 Å². The molecule has 0 aliphatic carbocycles. The standard InChI is InChI=1S/C11H12F3N/c1-15-7-3-2-4-8-5-6-9(12)11(14)10(8)13/h2,4-6,15H,3,7H2,1H3. The summed E-state index contributed by atoms with van der Waals surface area (Å²) in [6.07, 6.45) is 3.84. The first-order valence-electron chi connectivity index (χ1n) is 4.61. The van der Waals surface area contributed by atoms with Crippen LogP contribution in [-0.4, -0.2) is 13.6 Å². The molecule has 0 aliphatic rings. The van der Waals surface area contributed by atoms with Gasteiger partial charge in [0.25, 0.3) is 0 Å². The number of rotatable bonds is 4. The number of halogens is 3. The van der Waals surface area contributed by atoms with Crippen LogP contribution in [-0.2, 0) is 0 Å². The molecule has 0 saturated heterocycles. The summed E-state index contributed by atoms with van der Waals surface area (Å²) < 4.78 is 38.4. The van der Waals surface area contributed by atoms with E-state index in [1.807, 2.05) is 0 Å². The molecule has 0 saturated carbocycles. The number of nitrogens with one attached hydrogen (secondary N) is 1. The Morgan fingerprint density at radius 1 is 1.20 bits per heavy atom. The van der Waals surface area contributed by atoms with Gasteiger partial charge in [-0.3, -0.25) is 0 Å². The van der Waals surface area contributed by atoms with Crippen molar-refractivity contribution in [1.82, 2.24) is 5.32 Å². The lowest BCUT2D eigenvalue weighted by molar-refractivity contribution is 0.446. The van der Waals surface area contributed by atoms with Crippen molar-refractivity contribution in [3.8, 4) is 0 Å². The molecule has 1 N–H and O–H groups in total. The summed E-state index contributed by atoms with van der Waals surface area (Å²) in [6.45, 7) is 0.752. The summed E-state index contributed by atoms with van der Waals surface area (Å²) in [6, 6.07) is 2.12. The summed E-state index contributed by atoms with van der Waals surface area (Å²) in [5.41, 5.74) is 0.0602.